The van der Waals surface area contributed by atoms with E-state index in [0.717, 1.165) is 12.4 Å². The molecular weight excluding hydrogens is 200 g/mol. The quantitative estimate of drug-likeness (QED) is 0.655. The van der Waals surface area contributed by atoms with Gasteiger partial charge in [0, 0.05) is 0 Å². The van der Waals surface area contributed by atoms with Crippen molar-refractivity contribution in [2.45, 2.75) is 39.0 Å². The van der Waals surface area contributed by atoms with Crippen LogP contribution in [0.3, 0.4) is 0 Å². The second-order valence-corrected chi connectivity index (χ2v) is 3.58. The van der Waals surface area contributed by atoms with Gasteiger partial charge in [-0.15, -0.1) is 0 Å². The molecule has 0 spiro atoms. The molecule has 90 valence electrons. The maximum absolute atomic E-state index is 8.00. The molecule has 0 fully saturated rings. The van der Waals surface area contributed by atoms with Gasteiger partial charge < -0.3 is 9.53 Å². The Morgan fingerprint density at radius 2 is 1.62 bits per heavy atom. The number of para-hydroxylation sites is 1. The molecule has 0 radical (unpaired) electrons. The fraction of sp³-hybridized carbons (Fsp3) is 0.500. The fourth-order valence-electron chi connectivity index (χ4n) is 1.41. The van der Waals surface area contributed by atoms with Crippen LogP contribution >= 0.6 is 0 Å². The molecule has 16 heavy (non-hydrogen) atoms. The summed E-state index contributed by atoms with van der Waals surface area (Å²) in [6, 6.07) is 10.0. The van der Waals surface area contributed by atoms with Crippen LogP contribution in [-0.2, 0) is 4.79 Å². The number of hydrogen-bond donors (Lipinski definition) is 0. The lowest BCUT2D eigenvalue weighted by molar-refractivity contribution is -0.0979. The summed E-state index contributed by atoms with van der Waals surface area (Å²) < 4.78 is 5.59. The first-order valence-corrected chi connectivity index (χ1v) is 5.90. The topological polar surface area (TPSA) is 26.3 Å². The van der Waals surface area contributed by atoms with Crippen LogP contribution in [0, 0.1) is 0 Å². The molecule has 0 N–H and O–H groups in total. The molecule has 0 saturated heterocycles. The van der Waals surface area contributed by atoms with Crippen LogP contribution in [0.2, 0.25) is 0 Å². The minimum absolute atomic E-state index is 0.855. The number of rotatable bonds is 7. The fourth-order valence-corrected chi connectivity index (χ4v) is 1.41. The minimum atomic E-state index is 0.855. The first kappa shape index (κ1) is 14.7. The first-order chi connectivity index (χ1) is 7.93. The van der Waals surface area contributed by atoms with E-state index in [1.807, 2.05) is 37.1 Å². The number of unbranched alkanes of at least 4 members (excludes halogenated alkanes) is 4. The van der Waals surface area contributed by atoms with E-state index in [4.69, 9.17) is 9.53 Å². The predicted molar refractivity (Wildman–Crippen MR) is 67.8 cm³/mol. The van der Waals surface area contributed by atoms with Crippen LogP contribution in [0.5, 0.6) is 5.75 Å². The highest BCUT2D eigenvalue weighted by Crippen LogP contribution is 2.09. The van der Waals surface area contributed by atoms with Gasteiger partial charge >= 0.3 is 0 Å². The standard InChI is InChI=1S/C13H20O.CH2O/c1-2-3-4-5-9-12-14-13-10-7-6-8-11-13;1-2/h6-8,10-11H,2-5,9,12H2,1H3;1H2. The number of benzene rings is 1. The molecule has 0 saturated carbocycles. The lowest BCUT2D eigenvalue weighted by atomic mass is 10.2. The van der Waals surface area contributed by atoms with E-state index >= 15 is 0 Å². The normalized spacial score (nSPS) is 9.06. The molecular formula is C14H22O2. The van der Waals surface area contributed by atoms with Gasteiger partial charge in [-0.1, -0.05) is 50.8 Å². The minimum Gasteiger partial charge on any atom is -0.494 e. The second-order valence-electron chi connectivity index (χ2n) is 3.58. The van der Waals surface area contributed by atoms with E-state index in [0.29, 0.717) is 0 Å². The Hall–Kier alpha value is -1.31. The zero-order chi connectivity index (χ0) is 12.1. The van der Waals surface area contributed by atoms with Crippen molar-refractivity contribution in [3.8, 4) is 5.75 Å². The van der Waals surface area contributed by atoms with Crippen LogP contribution in [0.25, 0.3) is 0 Å². The summed E-state index contributed by atoms with van der Waals surface area (Å²) in [5, 5.41) is 0. The van der Waals surface area contributed by atoms with Gasteiger partial charge in [-0.25, -0.2) is 0 Å². The van der Waals surface area contributed by atoms with E-state index in [2.05, 4.69) is 6.92 Å². The average molecular weight is 222 g/mol. The highest BCUT2D eigenvalue weighted by atomic mass is 16.5. The van der Waals surface area contributed by atoms with Crippen LogP contribution < -0.4 is 4.74 Å². The predicted octanol–water partition coefficient (Wildman–Crippen LogP) is 3.85. The van der Waals surface area contributed by atoms with Crippen molar-refractivity contribution in [1.29, 1.82) is 0 Å². The van der Waals surface area contributed by atoms with Gasteiger partial charge in [0.25, 0.3) is 0 Å². The lowest BCUT2D eigenvalue weighted by Crippen LogP contribution is -1.96. The molecule has 0 aliphatic heterocycles. The Kier molecular flexibility index (Phi) is 10.8. The van der Waals surface area contributed by atoms with Crippen molar-refractivity contribution in [1.82, 2.24) is 0 Å². The molecule has 0 unspecified atom stereocenters. The van der Waals surface area contributed by atoms with Crippen LogP contribution in [0.4, 0.5) is 0 Å². The van der Waals surface area contributed by atoms with E-state index in [1.165, 1.54) is 32.1 Å². The molecule has 0 aliphatic carbocycles. The number of hydrogen-bond acceptors (Lipinski definition) is 2. The third-order valence-corrected chi connectivity index (χ3v) is 2.26. The summed E-state index contributed by atoms with van der Waals surface area (Å²) in [5.74, 6) is 0.989. The molecule has 1 aromatic carbocycles. The Labute approximate surface area is 98.6 Å². The van der Waals surface area contributed by atoms with Gasteiger partial charge in [0.1, 0.15) is 12.5 Å². The highest BCUT2D eigenvalue weighted by molar-refractivity contribution is 5.20. The molecule has 2 nitrogen and oxygen atoms in total. The first-order valence-electron chi connectivity index (χ1n) is 5.90. The Morgan fingerprint density at radius 3 is 2.25 bits per heavy atom. The van der Waals surface area contributed by atoms with Crippen molar-refractivity contribution in [2.24, 2.45) is 0 Å². The lowest BCUT2D eigenvalue weighted by Gasteiger charge is -2.04. The summed E-state index contributed by atoms with van der Waals surface area (Å²) in [7, 11) is 0. The number of ether oxygens (including phenoxy) is 1. The smallest absolute Gasteiger partial charge is 0.119 e. The van der Waals surface area contributed by atoms with E-state index in [9.17, 15) is 0 Å². The van der Waals surface area contributed by atoms with Crippen molar-refractivity contribution >= 4 is 6.79 Å². The van der Waals surface area contributed by atoms with Crippen LogP contribution in [0.1, 0.15) is 39.0 Å². The van der Waals surface area contributed by atoms with E-state index < -0.39 is 0 Å². The summed E-state index contributed by atoms with van der Waals surface area (Å²) in [5.41, 5.74) is 0. The Morgan fingerprint density at radius 1 is 1.00 bits per heavy atom. The summed E-state index contributed by atoms with van der Waals surface area (Å²) in [4.78, 5) is 8.00. The summed E-state index contributed by atoms with van der Waals surface area (Å²) in [6.45, 7) is 5.09. The Bertz CT molecular complexity index is 234. The van der Waals surface area contributed by atoms with Crippen molar-refractivity contribution in [3.05, 3.63) is 30.3 Å². The van der Waals surface area contributed by atoms with Gasteiger partial charge in [0.2, 0.25) is 0 Å². The van der Waals surface area contributed by atoms with E-state index in [1.54, 1.807) is 0 Å². The molecule has 0 atom stereocenters. The highest BCUT2D eigenvalue weighted by Gasteiger charge is 1.91. The largest absolute Gasteiger partial charge is 0.494 e. The zero-order valence-electron chi connectivity index (χ0n) is 10.2. The zero-order valence-corrected chi connectivity index (χ0v) is 10.2. The maximum Gasteiger partial charge on any atom is 0.119 e. The summed E-state index contributed by atoms with van der Waals surface area (Å²) >= 11 is 0. The molecule has 0 bridgehead atoms. The second kappa shape index (κ2) is 11.8. The third kappa shape index (κ3) is 8.04. The van der Waals surface area contributed by atoms with Gasteiger partial charge in [-0.05, 0) is 18.6 Å². The van der Waals surface area contributed by atoms with Crippen LogP contribution in [-0.4, -0.2) is 13.4 Å². The van der Waals surface area contributed by atoms with Crippen molar-refractivity contribution in [3.63, 3.8) is 0 Å². The van der Waals surface area contributed by atoms with Gasteiger partial charge in [0.05, 0.1) is 6.61 Å². The maximum atomic E-state index is 8.00. The summed E-state index contributed by atoms with van der Waals surface area (Å²) in [6.07, 6.45) is 6.47. The molecule has 0 aromatic heterocycles. The van der Waals surface area contributed by atoms with Gasteiger partial charge in [-0.3, -0.25) is 0 Å². The van der Waals surface area contributed by atoms with Gasteiger partial charge in [0.15, 0.2) is 0 Å². The van der Waals surface area contributed by atoms with Gasteiger partial charge in [-0.2, -0.15) is 0 Å². The molecule has 1 aromatic rings. The number of carbonyl (C=O) groups is 1. The van der Waals surface area contributed by atoms with Crippen molar-refractivity contribution < 1.29 is 9.53 Å². The average Bonchev–Trinajstić information content (AvgIpc) is 2.37. The monoisotopic (exact) mass is 222 g/mol. The third-order valence-electron chi connectivity index (χ3n) is 2.26. The van der Waals surface area contributed by atoms with E-state index in [-0.39, 0.29) is 0 Å². The molecule has 1 rings (SSSR count). The Balaban J connectivity index is 0.00000106. The van der Waals surface area contributed by atoms with Crippen molar-refractivity contribution in [2.75, 3.05) is 6.61 Å². The van der Waals surface area contributed by atoms with Crippen LogP contribution in [0.15, 0.2) is 30.3 Å². The molecule has 2 heteroatoms. The molecule has 0 amide bonds. The molecule has 0 heterocycles. The number of carbonyl (C=O) groups excluding carboxylic acids is 1. The SMILES string of the molecule is C=O.CCCCCCCOc1ccccc1. The molecule has 0 aliphatic rings.